The molecule has 3 fully saturated rings. The fourth-order valence-corrected chi connectivity index (χ4v) is 4.61. The van der Waals surface area contributed by atoms with Crippen molar-refractivity contribution in [2.75, 3.05) is 26.3 Å². The largest absolute Gasteiger partial charge is 0.380 e. The van der Waals surface area contributed by atoms with E-state index in [9.17, 15) is 4.79 Å². The third-order valence-electron chi connectivity index (χ3n) is 6.09. The van der Waals surface area contributed by atoms with E-state index in [1.54, 1.807) is 0 Å². The van der Waals surface area contributed by atoms with Crippen molar-refractivity contribution in [2.24, 2.45) is 0 Å². The number of pyridine rings is 1. The Hall–Kier alpha value is -1.46. The molecule has 1 spiro atoms. The minimum atomic E-state index is 0.0540. The van der Waals surface area contributed by atoms with Crippen LogP contribution in [-0.2, 0) is 16.1 Å². The second-order valence-electron chi connectivity index (χ2n) is 7.53. The number of ether oxygens (including phenoxy) is 1. The minimum absolute atomic E-state index is 0.0540. The van der Waals surface area contributed by atoms with Gasteiger partial charge in [0.15, 0.2) is 0 Å². The molecule has 4 heterocycles. The molecule has 1 aromatic rings. The highest BCUT2D eigenvalue weighted by molar-refractivity contribution is 5.79. The van der Waals surface area contributed by atoms with Crippen LogP contribution in [0.5, 0.6) is 0 Å². The molecule has 1 aromatic heterocycles. The highest BCUT2D eigenvalue weighted by atomic mass is 16.5. The smallest absolute Gasteiger partial charge is 0.223 e. The first-order valence-electron chi connectivity index (χ1n) is 9.21. The summed E-state index contributed by atoms with van der Waals surface area (Å²) in [5.41, 5.74) is 2.08. The zero-order chi connectivity index (χ0) is 16.6. The fourth-order valence-electron chi connectivity index (χ4n) is 4.61. The Bertz CT molecular complexity index is 604. The SMILES string of the molecule is Cc1cccc(CN2C(=O)CCC23CCN([C@@H]2CCOC2)CC3)n1. The molecule has 0 N–H and O–H groups in total. The number of hydrogen-bond donors (Lipinski definition) is 0. The van der Waals surface area contributed by atoms with Crippen molar-refractivity contribution < 1.29 is 9.53 Å². The molecule has 0 bridgehead atoms. The molecule has 3 aliphatic rings. The number of rotatable bonds is 3. The summed E-state index contributed by atoms with van der Waals surface area (Å²) in [4.78, 5) is 21.9. The van der Waals surface area contributed by atoms with Crippen LogP contribution in [-0.4, -0.2) is 58.6 Å². The number of carbonyl (C=O) groups is 1. The van der Waals surface area contributed by atoms with Gasteiger partial charge >= 0.3 is 0 Å². The van der Waals surface area contributed by atoms with E-state index in [-0.39, 0.29) is 5.54 Å². The molecule has 3 aliphatic heterocycles. The Morgan fingerprint density at radius 2 is 2.12 bits per heavy atom. The van der Waals surface area contributed by atoms with Gasteiger partial charge in [0.1, 0.15) is 0 Å². The highest BCUT2D eigenvalue weighted by Crippen LogP contribution is 2.40. The van der Waals surface area contributed by atoms with Gasteiger partial charge in [-0.15, -0.1) is 0 Å². The van der Waals surface area contributed by atoms with E-state index in [2.05, 4.69) is 14.8 Å². The van der Waals surface area contributed by atoms with Gasteiger partial charge in [-0.3, -0.25) is 14.7 Å². The van der Waals surface area contributed by atoms with E-state index in [4.69, 9.17) is 4.74 Å². The first-order valence-corrected chi connectivity index (χ1v) is 9.21. The van der Waals surface area contributed by atoms with Crippen LogP contribution in [0, 0.1) is 6.92 Å². The average Bonchev–Trinajstić information content (AvgIpc) is 3.21. The predicted molar refractivity (Wildman–Crippen MR) is 91.5 cm³/mol. The third kappa shape index (κ3) is 2.95. The van der Waals surface area contributed by atoms with Gasteiger partial charge < -0.3 is 9.64 Å². The summed E-state index contributed by atoms with van der Waals surface area (Å²) in [6.45, 7) is 6.61. The van der Waals surface area contributed by atoms with Gasteiger partial charge in [0.25, 0.3) is 0 Å². The van der Waals surface area contributed by atoms with E-state index in [0.717, 1.165) is 63.4 Å². The van der Waals surface area contributed by atoms with Gasteiger partial charge in [0, 0.05) is 43.4 Å². The Labute approximate surface area is 144 Å². The lowest BCUT2D eigenvalue weighted by atomic mass is 9.84. The van der Waals surface area contributed by atoms with Crippen molar-refractivity contribution >= 4 is 5.91 Å². The molecule has 130 valence electrons. The molecule has 1 atom stereocenters. The number of amides is 1. The second kappa shape index (κ2) is 6.45. The van der Waals surface area contributed by atoms with Crippen LogP contribution in [0.3, 0.4) is 0 Å². The maximum absolute atomic E-state index is 12.5. The van der Waals surface area contributed by atoms with Crippen LogP contribution in [0.25, 0.3) is 0 Å². The van der Waals surface area contributed by atoms with Gasteiger partial charge in [-0.1, -0.05) is 6.07 Å². The van der Waals surface area contributed by atoms with Crippen LogP contribution >= 0.6 is 0 Å². The highest BCUT2D eigenvalue weighted by Gasteiger charge is 2.47. The monoisotopic (exact) mass is 329 g/mol. The molecule has 0 unspecified atom stereocenters. The summed E-state index contributed by atoms with van der Waals surface area (Å²) in [7, 11) is 0. The molecule has 0 radical (unpaired) electrons. The van der Waals surface area contributed by atoms with E-state index in [0.29, 0.717) is 24.9 Å². The first kappa shape index (κ1) is 16.0. The summed E-state index contributed by atoms with van der Waals surface area (Å²) in [5.74, 6) is 0.302. The van der Waals surface area contributed by atoms with E-state index in [1.807, 2.05) is 25.1 Å². The van der Waals surface area contributed by atoms with Gasteiger partial charge in [-0.25, -0.2) is 0 Å². The Morgan fingerprint density at radius 3 is 2.83 bits per heavy atom. The van der Waals surface area contributed by atoms with E-state index < -0.39 is 0 Å². The minimum Gasteiger partial charge on any atom is -0.380 e. The number of nitrogens with zero attached hydrogens (tertiary/aromatic N) is 3. The summed E-state index contributed by atoms with van der Waals surface area (Å²) >= 11 is 0. The van der Waals surface area contributed by atoms with Crippen LogP contribution in [0.15, 0.2) is 18.2 Å². The lowest BCUT2D eigenvalue weighted by molar-refractivity contribution is -0.133. The molecule has 1 amide bonds. The van der Waals surface area contributed by atoms with Crippen molar-refractivity contribution in [2.45, 2.75) is 57.2 Å². The molecule has 0 saturated carbocycles. The second-order valence-corrected chi connectivity index (χ2v) is 7.53. The topological polar surface area (TPSA) is 45.7 Å². The molecule has 5 nitrogen and oxygen atoms in total. The van der Waals surface area contributed by atoms with Crippen LogP contribution in [0.2, 0.25) is 0 Å². The standard InChI is InChI=1S/C19H27N3O2/c1-15-3-2-4-16(20-15)13-22-18(23)5-7-19(22)8-10-21(11-9-19)17-6-12-24-14-17/h2-4,17H,5-14H2,1H3/t17-/m1/s1. The molecular formula is C19H27N3O2. The van der Waals surface area contributed by atoms with E-state index >= 15 is 0 Å². The summed E-state index contributed by atoms with van der Waals surface area (Å²) < 4.78 is 5.54. The van der Waals surface area contributed by atoms with Crippen molar-refractivity contribution in [3.8, 4) is 0 Å². The fraction of sp³-hybridized carbons (Fsp3) is 0.684. The van der Waals surface area contributed by atoms with E-state index in [1.165, 1.54) is 0 Å². The Balaban J connectivity index is 1.46. The third-order valence-corrected chi connectivity index (χ3v) is 6.09. The zero-order valence-corrected chi connectivity index (χ0v) is 14.5. The molecule has 4 rings (SSSR count). The maximum atomic E-state index is 12.5. The first-order chi connectivity index (χ1) is 11.7. The number of aromatic nitrogens is 1. The van der Waals surface area contributed by atoms with Gasteiger partial charge in [0.2, 0.25) is 5.91 Å². The van der Waals surface area contributed by atoms with Gasteiger partial charge in [-0.2, -0.15) is 0 Å². The normalized spacial score (nSPS) is 27.3. The molecule has 24 heavy (non-hydrogen) atoms. The number of piperidine rings is 1. The van der Waals surface area contributed by atoms with Gasteiger partial charge in [-0.05, 0) is 44.7 Å². The lowest BCUT2D eigenvalue weighted by Gasteiger charge is -2.46. The number of carbonyl (C=O) groups excluding carboxylic acids is 1. The molecule has 5 heteroatoms. The van der Waals surface area contributed by atoms with Crippen LogP contribution in [0.4, 0.5) is 0 Å². The Morgan fingerprint density at radius 1 is 1.29 bits per heavy atom. The lowest BCUT2D eigenvalue weighted by Crippen LogP contribution is -2.54. The predicted octanol–water partition coefficient (Wildman–Crippen LogP) is 2.14. The number of likely N-dealkylation sites (tertiary alicyclic amines) is 2. The number of hydrogen-bond acceptors (Lipinski definition) is 4. The molecule has 3 saturated heterocycles. The quantitative estimate of drug-likeness (QED) is 0.852. The average molecular weight is 329 g/mol. The molecule has 0 aromatic carbocycles. The summed E-state index contributed by atoms with van der Waals surface area (Å²) in [5, 5.41) is 0. The number of aryl methyl sites for hydroxylation is 1. The summed E-state index contributed by atoms with van der Waals surface area (Å²) in [6, 6.07) is 6.67. The molecule has 0 aliphatic carbocycles. The van der Waals surface area contributed by atoms with Crippen LogP contribution < -0.4 is 0 Å². The maximum Gasteiger partial charge on any atom is 0.223 e. The summed E-state index contributed by atoms with van der Waals surface area (Å²) in [6.07, 6.45) is 5.02. The van der Waals surface area contributed by atoms with Crippen molar-refractivity contribution in [3.63, 3.8) is 0 Å². The van der Waals surface area contributed by atoms with Crippen LogP contribution in [0.1, 0.15) is 43.5 Å². The molecular weight excluding hydrogens is 302 g/mol. The van der Waals surface area contributed by atoms with Crippen molar-refractivity contribution in [3.05, 3.63) is 29.6 Å². The van der Waals surface area contributed by atoms with Crippen molar-refractivity contribution in [1.82, 2.24) is 14.8 Å². The van der Waals surface area contributed by atoms with Crippen molar-refractivity contribution in [1.29, 1.82) is 0 Å². The van der Waals surface area contributed by atoms with Gasteiger partial charge in [0.05, 0.1) is 18.8 Å². The zero-order valence-electron chi connectivity index (χ0n) is 14.5. The Kier molecular flexibility index (Phi) is 4.31.